The molecule has 1 amide bonds. The van der Waals surface area contributed by atoms with Gasteiger partial charge in [-0.3, -0.25) is 4.79 Å². The van der Waals surface area contributed by atoms with E-state index in [-0.39, 0.29) is 32.5 Å². The van der Waals surface area contributed by atoms with E-state index in [1.807, 2.05) is 30.3 Å². The molecule has 1 heterocycles. The molecule has 0 spiro atoms. The van der Waals surface area contributed by atoms with Crippen molar-refractivity contribution in [2.75, 3.05) is 13.1 Å². The summed E-state index contributed by atoms with van der Waals surface area (Å²) in [7, 11) is 0. The summed E-state index contributed by atoms with van der Waals surface area (Å²) in [6.07, 6.45) is -1.03. The molecule has 2 rings (SSSR count). The molecule has 2 unspecified atom stereocenters. The molecule has 1 fully saturated rings. The van der Waals surface area contributed by atoms with Gasteiger partial charge >= 0.3 is 12.1 Å². The smallest absolute Gasteiger partial charge is 0.410 e. The van der Waals surface area contributed by atoms with E-state index in [0.29, 0.717) is 0 Å². The molecule has 1 aromatic rings. The van der Waals surface area contributed by atoms with E-state index in [1.54, 1.807) is 0 Å². The minimum atomic E-state index is -1.23. The highest BCUT2D eigenvalue weighted by Gasteiger charge is 2.43. The Morgan fingerprint density at radius 1 is 1.32 bits per heavy atom. The van der Waals surface area contributed by atoms with Crippen LogP contribution < -0.4 is 0 Å². The molecule has 6 nitrogen and oxygen atoms in total. The van der Waals surface area contributed by atoms with Gasteiger partial charge in [0, 0.05) is 13.1 Å². The molecule has 2 N–H and O–H groups in total. The lowest BCUT2D eigenvalue weighted by molar-refractivity contribution is -0.155. The summed E-state index contributed by atoms with van der Waals surface area (Å²) in [4.78, 5) is 24.9. The van der Waals surface area contributed by atoms with Crippen molar-refractivity contribution in [1.82, 2.24) is 4.90 Å². The quantitative estimate of drug-likeness (QED) is 0.890. The van der Waals surface area contributed by atoms with Crippen LogP contribution in [-0.2, 0) is 16.1 Å². The van der Waals surface area contributed by atoms with Crippen LogP contribution in [0.4, 0.5) is 4.79 Å². The van der Waals surface area contributed by atoms with E-state index in [2.05, 4.69) is 0 Å². The van der Waals surface area contributed by atoms with Gasteiger partial charge in [-0.1, -0.05) is 30.3 Å². The van der Waals surface area contributed by atoms with Crippen LogP contribution in [0, 0.1) is 5.41 Å². The number of likely N-dealkylation sites (tertiary alicyclic amines) is 1. The number of aliphatic carboxylic acids is 1. The third-order valence-corrected chi connectivity index (χ3v) is 4.26. The van der Waals surface area contributed by atoms with Gasteiger partial charge in [0.25, 0.3) is 0 Å². The largest absolute Gasteiger partial charge is 0.481 e. The first-order valence-electron chi connectivity index (χ1n) is 7.30. The fraction of sp³-hybridized carbons (Fsp3) is 0.500. The second kappa shape index (κ2) is 6.79. The van der Waals surface area contributed by atoms with Gasteiger partial charge in [-0.25, -0.2) is 4.79 Å². The van der Waals surface area contributed by atoms with Crippen molar-refractivity contribution in [3.05, 3.63) is 35.9 Å². The molecule has 1 aliphatic heterocycles. The van der Waals surface area contributed by atoms with Gasteiger partial charge in [-0.2, -0.15) is 0 Å². The molecule has 1 saturated heterocycles. The summed E-state index contributed by atoms with van der Waals surface area (Å²) in [5.74, 6) is -1.04. The summed E-state index contributed by atoms with van der Waals surface area (Å²) in [5.41, 5.74) is -0.338. The van der Waals surface area contributed by atoms with Crippen molar-refractivity contribution in [2.45, 2.75) is 32.5 Å². The molecule has 0 radical (unpaired) electrons. The van der Waals surface area contributed by atoms with Crippen molar-refractivity contribution in [2.24, 2.45) is 5.41 Å². The summed E-state index contributed by atoms with van der Waals surface area (Å²) in [5, 5.41) is 19.3. The molecule has 2 atom stereocenters. The fourth-order valence-electron chi connectivity index (χ4n) is 2.48. The Morgan fingerprint density at radius 3 is 2.64 bits per heavy atom. The van der Waals surface area contributed by atoms with Crippen molar-refractivity contribution in [3.63, 3.8) is 0 Å². The van der Waals surface area contributed by atoms with E-state index in [1.165, 1.54) is 11.8 Å². The van der Waals surface area contributed by atoms with Crippen molar-refractivity contribution in [1.29, 1.82) is 0 Å². The normalized spacial score (nSPS) is 25.4. The number of rotatable bonds is 3. The number of hydrogen-bond donors (Lipinski definition) is 2. The molecular weight excluding hydrogens is 286 g/mol. The summed E-state index contributed by atoms with van der Waals surface area (Å²) >= 11 is 0. The van der Waals surface area contributed by atoms with Crippen LogP contribution in [0.5, 0.6) is 0 Å². The van der Waals surface area contributed by atoms with Crippen molar-refractivity contribution in [3.8, 4) is 0 Å². The molecule has 22 heavy (non-hydrogen) atoms. The number of carboxylic acid groups (broad SMARTS) is 1. The Kier molecular flexibility index (Phi) is 5.03. The van der Waals surface area contributed by atoms with Gasteiger partial charge in [0.05, 0.1) is 11.5 Å². The number of hydrogen-bond acceptors (Lipinski definition) is 4. The number of aliphatic hydroxyl groups excluding tert-OH is 1. The molecule has 1 aromatic carbocycles. The van der Waals surface area contributed by atoms with Crippen molar-refractivity contribution >= 4 is 12.1 Å². The van der Waals surface area contributed by atoms with Gasteiger partial charge in [0.2, 0.25) is 0 Å². The minimum absolute atomic E-state index is 0.176. The van der Waals surface area contributed by atoms with E-state index >= 15 is 0 Å². The van der Waals surface area contributed by atoms with Crippen LogP contribution in [0.1, 0.15) is 25.3 Å². The Labute approximate surface area is 129 Å². The molecule has 6 heteroatoms. The zero-order valence-corrected chi connectivity index (χ0v) is 12.6. The standard InChI is InChI=1S/C16H21NO5/c1-16(14(19)20)8-10-17(9-7-13(16)18)15(21)22-11-12-5-3-2-4-6-12/h2-6,13,18H,7-11H2,1H3,(H,19,20). The lowest BCUT2D eigenvalue weighted by Crippen LogP contribution is -2.39. The van der Waals surface area contributed by atoms with Gasteiger partial charge in [0.1, 0.15) is 6.61 Å². The topological polar surface area (TPSA) is 87.1 Å². The number of aliphatic hydroxyl groups is 1. The van der Waals surface area contributed by atoms with E-state index < -0.39 is 23.6 Å². The van der Waals surface area contributed by atoms with Crippen LogP contribution >= 0.6 is 0 Å². The third-order valence-electron chi connectivity index (χ3n) is 4.26. The van der Waals surface area contributed by atoms with Crippen LogP contribution in [0.3, 0.4) is 0 Å². The van der Waals surface area contributed by atoms with Crippen molar-refractivity contribution < 1.29 is 24.5 Å². The average molecular weight is 307 g/mol. The zero-order chi connectivity index (χ0) is 16.2. The first-order chi connectivity index (χ1) is 10.4. The first kappa shape index (κ1) is 16.3. The second-order valence-corrected chi connectivity index (χ2v) is 5.80. The van der Waals surface area contributed by atoms with Crippen LogP contribution in [0.2, 0.25) is 0 Å². The van der Waals surface area contributed by atoms with E-state index in [4.69, 9.17) is 4.74 Å². The number of nitrogens with zero attached hydrogens (tertiary/aromatic N) is 1. The minimum Gasteiger partial charge on any atom is -0.481 e. The zero-order valence-electron chi connectivity index (χ0n) is 12.6. The Morgan fingerprint density at radius 2 is 2.00 bits per heavy atom. The van der Waals surface area contributed by atoms with E-state index in [9.17, 15) is 19.8 Å². The first-order valence-corrected chi connectivity index (χ1v) is 7.30. The van der Waals surface area contributed by atoms with Gasteiger partial charge in [-0.05, 0) is 25.3 Å². The Balaban J connectivity index is 1.93. The Bertz CT molecular complexity index is 533. The molecule has 0 aromatic heterocycles. The molecule has 1 aliphatic rings. The van der Waals surface area contributed by atoms with Gasteiger partial charge in [-0.15, -0.1) is 0 Å². The van der Waals surface area contributed by atoms with Crippen LogP contribution in [0.15, 0.2) is 30.3 Å². The average Bonchev–Trinajstić information content (AvgIpc) is 2.67. The Hall–Kier alpha value is -2.08. The summed E-state index contributed by atoms with van der Waals surface area (Å²) in [6, 6.07) is 9.34. The highest BCUT2D eigenvalue weighted by molar-refractivity contribution is 5.75. The molecule has 120 valence electrons. The monoisotopic (exact) mass is 307 g/mol. The fourth-order valence-corrected chi connectivity index (χ4v) is 2.48. The third kappa shape index (κ3) is 3.57. The SMILES string of the molecule is CC1(C(=O)O)CCN(C(=O)OCc2ccccc2)CCC1O. The second-order valence-electron chi connectivity index (χ2n) is 5.80. The lowest BCUT2D eigenvalue weighted by atomic mass is 9.80. The highest BCUT2D eigenvalue weighted by Crippen LogP contribution is 2.31. The van der Waals surface area contributed by atoms with Crippen LogP contribution in [-0.4, -0.2) is 46.4 Å². The summed E-state index contributed by atoms with van der Waals surface area (Å²) in [6.45, 7) is 2.23. The molecular formula is C16H21NO5. The molecule has 0 saturated carbocycles. The lowest BCUT2D eigenvalue weighted by Gasteiger charge is -2.27. The van der Waals surface area contributed by atoms with Gasteiger partial charge < -0.3 is 19.8 Å². The number of amides is 1. The maximum atomic E-state index is 12.1. The maximum absolute atomic E-state index is 12.1. The number of carboxylic acids is 1. The summed E-state index contributed by atoms with van der Waals surface area (Å²) < 4.78 is 5.24. The van der Waals surface area contributed by atoms with Crippen LogP contribution in [0.25, 0.3) is 0 Å². The van der Waals surface area contributed by atoms with E-state index in [0.717, 1.165) is 5.56 Å². The number of carbonyl (C=O) groups excluding carboxylic acids is 1. The predicted octanol–water partition coefficient (Wildman–Crippen LogP) is 1.87. The van der Waals surface area contributed by atoms with Gasteiger partial charge in [0.15, 0.2) is 0 Å². The maximum Gasteiger partial charge on any atom is 0.410 e. The number of ether oxygens (including phenoxy) is 1. The molecule has 0 aliphatic carbocycles. The highest BCUT2D eigenvalue weighted by atomic mass is 16.6. The predicted molar refractivity (Wildman–Crippen MR) is 79.2 cm³/mol. The number of benzene rings is 1. The number of carbonyl (C=O) groups is 2. The molecule has 0 bridgehead atoms.